The first-order chi connectivity index (χ1) is 13.2. The number of hydrogen-bond acceptors (Lipinski definition) is 5. The molecule has 4 heterocycles. The smallest absolute Gasteiger partial charge is 0.194 e. The summed E-state index contributed by atoms with van der Waals surface area (Å²) in [6.45, 7) is 5.20. The highest BCUT2D eigenvalue weighted by Gasteiger charge is 2.25. The van der Waals surface area contributed by atoms with Crippen LogP contribution in [0.1, 0.15) is 35.8 Å². The van der Waals surface area contributed by atoms with Gasteiger partial charge in [0.05, 0.1) is 11.4 Å². The lowest BCUT2D eigenvalue weighted by atomic mass is 9.91. The van der Waals surface area contributed by atoms with E-state index in [2.05, 4.69) is 31.0 Å². The maximum absolute atomic E-state index is 13.3. The van der Waals surface area contributed by atoms with Crippen LogP contribution >= 0.6 is 11.3 Å². The van der Waals surface area contributed by atoms with Crippen LogP contribution < -0.4 is 0 Å². The number of nitrogens with zero attached hydrogens (tertiary/aromatic N) is 4. The number of imidazole rings is 1. The Labute approximate surface area is 160 Å². The molecule has 1 saturated heterocycles. The van der Waals surface area contributed by atoms with E-state index in [1.54, 1.807) is 17.4 Å². The molecule has 1 aliphatic heterocycles. The molecular formula is C20H21FN4OS. The van der Waals surface area contributed by atoms with Gasteiger partial charge in [-0.3, -0.25) is 4.40 Å². The molecule has 4 aromatic rings. The Morgan fingerprint density at radius 2 is 2.15 bits per heavy atom. The highest BCUT2D eigenvalue weighted by atomic mass is 32.1. The predicted octanol–water partition coefficient (Wildman–Crippen LogP) is 4.41. The van der Waals surface area contributed by atoms with Gasteiger partial charge in [0.2, 0.25) is 0 Å². The van der Waals surface area contributed by atoms with Crippen LogP contribution in [-0.2, 0) is 6.42 Å². The molecule has 1 aliphatic rings. The molecule has 3 aromatic heterocycles. The normalized spacial score (nSPS) is 16.7. The predicted molar refractivity (Wildman–Crippen MR) is 104 cm³/mol. The van der Waals surface area contributed by atoms with Gasteiger partial charge in [-0.05, 0) is 45.0 Å². The molecule has 140 valence electrons. The Bertz CT molecular complexity index is 1090. The molecule has 0 spiro atoms. The summed E-state index contributed by atoms with van der Waals surface area (Å²) >= 11 is 1.71. The first kappa shape index (κ1) is 16.9. The van der Waals surface area contributed by atoms with Crippen molar-refractivity contribution in [1.82, 2.24) is 19.4 Å². The number of rotatable bonds is 4. The van der Waals surface area contributed by atoms with Crippen LogP contribution in [0.2, 0.25) is 0 Å². The van der Waals surface area contributed by atoms with E-state index < -0.39 is 0 Å². The van der Waals surface area contributed by atoms with Crippen molar-refractivity contribution in [2.75, 3.05) is 19.6 Å². The van der Waals surface area contributed by atoms with E-state index in [4.69, 9.17) is 4.52 Å². The van der Waals surface area contributed by atoms with E-state index in [1.807, 2.05) is 6.92 Å². The number of benzene rings is 1. The second-order valence-electron chi connectivity index (χ2n) is 7.34. The number of aromatic nitrogens is 3. The molecule has 0 saturated carbocycles. The summed E-state index contributed by atoms with van der Waals surface area (Å²) in [7, 11) is 0. The fraction of sp³-hybridized carbons (Fsp3) is 0.400. The minimum absolute atomic E-state index is 0.282. The molecule has 0 aliphatic carbocycles. The molecule has 0 bridgehead atoms. The average Bonchev–Trinajstić information content (AvgIpc) is 3.34. The molecule has 1 aromatic carbocycles. The molecule has 0 amide bonds. The number of likely N-dealkylation sites (tertiary alicyclic amines) is 1. The molecule has 5 nitrogen and oxygen atoms in total. The second kappa shape index (κ2) is 6.73. The zero-order valence-electron chi connectivity index (χ0n) is 15.2. The Kier molecular flexibility index (Phi) is 4.21. The fourth-order valence-electron chi connectivity index (χ4n) is 4.05. The molecule has 0 unspecified atom stereocenters. The SMILES string of the molecule is Cc1cn2c(CCN3CCC(c4noc5cc(F)ccc45)CC3)csc2n1. The van der Waals surface area contributed by atoms with Gasteiger partial charge >= 0.3 is 0 Å². The monoisotopic (exact) mass is 384 g/mol. The quantitative estimate of drug-likeness (QED) is 0.523. The third kappa shape index (κ3) is 3.15. The van der Waals surface area contributed by atoms with Crippen molar-refractivity contribution < 1.29 is 8.91 Å². The van der Waals surface area contributed by atoms with Crippen LogP contribution in [0, 0.1) is 12.7 Å². The summed E-state index contributed by atoms with van der Waals surface area (Å²) in [4.78, 5) is 8.12. The van der Waals surface area contributed by atoms with Gasteiger partial charge in [0, 0.05) is 47.6 Å². The number of hydrogen-bond donors (Lipinski definition) is 0. The van der Waals surface area contributed by atoms with Gasteiger partial charge < -0.3 is 9.42 Å². The van der Waals surface area contributed by atoms with E-state index in [9.17, 15) is 4.39 Å². The molecule has 0 radical (unpaired) electrons. The average molecular weight is 384 g/mol. The third-order valence-electron chi connectivity index (χ3n) is 5.52. The summed E-state index contributed by atoms with van der Waals surface area (Å²) in [5.74, 6) is 0.104. The first-order valence-corrected chi connectivity index (χ1v) is 10.2. The van der Waals surface area contributed by atoms with Crippen molar-refractivity contribution in [3.8, 4) is 0 Å². The topological polar surface area (TPSA) is 46.6 Å². The number of halogens is 1. The van der Waals surface area contributed by atoms with Gasteiger partial charge in [-0.25, -0.2) is 9.37 Å². The summed E-state index contributed by atoms with van der Waals surface area (Å²) in [5, 5.41) is 7.41. The maximum Gasteiger partial charge on any atom is 0.194 e. The standard InChI is InChI=1S/C20H21FN4OS/c1-13-11-25-16(12-27-20(25)22-13)6-9-24-7-4-14(5-8-24)19-17-3-2-15(21)10-18(17)26-23-19/h2-3,10-12,14H,4-9H2,1H3. The lowest BCUT2D eigenvalue weighted by Gasteiger charge is -2.31. The van der Waals surface area contributed by atoms with Gasteiger partial charge in [0.15, 0.2) is 10.5 Å². The minimum atomic E-state index is -0.282. The zero-order chi connectivity index (χ0) is 18.4. The van der Waals surface area contributed by atoms with Crippen molar-refractivity contribution in [3.63, 3.8) is 0 Å². The largest absolute Gasteiger partial charge is 0.356 e. The highest BCUT2D eigenvalue weighted by Crippen LogP contribution is 2.32. The first-order valence-electron chi connectivity index (χ1n) is 9.36. The van der Waals surface area contributed by atoms with Crippen molar-refractivity contribution in [1.29, 1.82) is 0 Å². The summed E-state index contributed by atoms with van der Waals surface area (Å²) in [6, 6.07) is 4.69. The minimum Gasteiger partial charge on any atom is -0.356 e. The number of thiazole rings is 1. The van der Waals surface area contributed by atoms with Gasteiger partial charge in [-0.15, -0.1) is 11.3 Å². The van der Waals surface area contributed by atoms with E-state index in [0.717, 1.165) is 60.6 Å². The summed E-state index contributed by atoms with van der Waals surface area (Å²) in [5.41, 5.74) is 3.94. The maximum atomic E-state index is 13.3. The second-order valence-corrected chi connectivity index (χ2v) is 8.17. The van der Waals surface area contributed by atoms with Crippen LogP contribution in [-0.4, -0.2) is 39.1 Å². The highest BCUT2D eigenvalue weighted by molar-refractivity contribution is 7.15. The molecular weight excluding hydrogens is 363 g/mol. The summed E-state index contributed by atoms with van der Waals surface area (Å²) < 4.78 is 20.9. The molecule has 0 atom stereocenters. The Morgan fingerprint density at radius 1 is 1.30 bits per heavy atom. The Morgan fingerprint density at radius 3 is 3.00 bits per heavy atom. The van der Waals surface area contributed by atoms with Crippen LogP contribution in [0.4, 0.5) is 4.39 Å². The molecule has 1 fully saturated rings. The van der Waals surface area contributed by atoms with E-state index in [-0.39, 0.29) is 5.82 Å². The molecule has 7 heteroatoms. The van der Waals surface area contributed by atoms with Crippen molar-refractivity contribution in [2.45, 2.75) is 32.1 Å². The van der Waals surface area contributed by atoms with Gasteiger partial charge in [-0.2, -0.15) is 0 Å². The van der Waals surface area contributed by atoms with E-state index in [1.165, 1.54) is 17.8 Å². The van der Waals surface area contributed by atoms with Crippen LogP contribution in [0.25, 0.3) is 15.9 Å². The fourth-order valence-corrected chi connectivity index (χ4v) is 5.00. The zero-order valence-corrected chi connectivity index (χ0v) is 16.0. The van der Waals surface area contributed by atoms with Gasteiger partial charge in [0.25, 0.3) is 0 Å². The van der Waals surface area contributed by atoms with Crippen molar-refractivity contribution in [3.05, 3.63) is 52.7 Å². The van der Waals surface area contributed by atoms with E-state index >= 15 is 0 Å². The van der Waals surface area contributed by atoms with Gasteiger partial charge in [0.1, 0.15) is 5.82 Å². The van der Waals surface area contributed by atoms with Gasteiger partial charge in [-0.1, -0.05) is 5.16 Å². The van der Waals surface area contributed by atoms with Crippen LogP contribution in [0.15, 0.2) is 34.3 Å². The lowest BCUT2D eigenvalue weighted by Crippen LogP contribution is -2.34. The Hall–Kier alpha value is -2.25. The lowest BCUT2D eigenvalue weighted by molar-refractivity contribution is 0.211. The van der Waals surface area contributed by atoms with Crippen LogP contribution in [0.5, 0.6) is 0 Å². The van der Waals surface area contributed by atoms with Crippen molar-refractivity contribution >= 4 is 27.3 Å². The summed E-state index contributed by atoms with van der Waals surface area (Å²) in [6.07, 6.45) is 5.27. The Balaban J connectivity index is 1.22. The van der Waals surface area contributed by atoms with Crippen molar-refractivity contribution in [2.24, 2.45) is 0 Å². The number of aryl methyl sites for hydroxylation is 1. The number of fused-ring (bicyclic) bond motifs is 2. The molecule has 5 rings (SSSR count). The third-order valence-corrected chi connectivity index (χ3v) is 6.41. The number of piperidine rings is 1. The van der Waals surface area contributed by atoms with E-state index in [0.29, 0.717) is 11.5 Å². The molecule has 27 heavy (non-hydrogen) atoms. The molecule has 0 N–H and O–H groups in total. The van der Waals surface area contributed by atoms with Crippen LogP contribution in [0.3, 0.4) is 0 Å².